The minimum Gasteiger partial charge on any atom is -0.162 e. The van der Waals surface area contributed by atoms with Crippen molar-refractivity contribution >= 4 is 23.5 Å². The van der Waals surface area contributed by atoms with Gasteiger partial charge in [0.1, 0.15) is 0 Å². The maximum Gasteiger partial charge on any atom is 0.00579 e. The van der Waals surface area contributed by atoms with Crippen LogP contribution in [0.3, 0.4) is 0 Å². The van der Waals surface area contributed by atoms with E-state index in [-0.39, 0.29) is 0 Å². The quantitative estimate of drug-likeness (QED) is 0.566. The molecule has 0 bridgehead atoms. The molecule has 0 nitrogen and oxygen atoms in total. The van der Waals surface area contributed by atoms with E-state index in [4.69, 9.17) is 0 Å². The van der Waals surface area contributed by atoms with Gasteiger partial charge in [0.05, 0.1) is 0 Å². The van der Waals surface area contributed by atoms with Crippen molar-refractivity contribution in [2.45, 2.75) is 51.0 Å². The van der Waals surface area contributed by atoms with E-state index in [0.717, 1.165) is 11.2 Å². The third kappa shape index (κ3) is 9.26. The Labute approximate surface area is 99.0 Å². The zero-order chi connectivity index (χ0) is 11.0. The van der Waals surface area contributed by atoms with Crippen molar-refractivity contribution in [2.75, 3.05) is 11.5 Å². The van der Waals surface area contributed by atoms with Crippen molar-refractivity contribution in [3.63, 3.8) is 0 Å². The second-order valence-corrected chi connectivity index (χ2v) is 7.13. The summed E-state index contributed by atoms with van der Waals surface area (Å²) in [5.41, 5.74) is 0. The predicted octanol–water partition coefficient (Wildman–Crippen LogP) is 4.50. The van der Waals surface area contributed by atoms with Gasteiger partial charge in [-0.1, -0.05) is 27.7 Å². The molecule has 14 heavy (non-hydrogen) atoms. The van der Waals surface area contributed by atoms with Gasteiger partial charge < -0.3 is 0 Å². The number of hydrogen-bond acceptors (Lipinski definition) is 2. The Kier molecular flexibility index (Phi) is 9.41. The first-order valence-corrected chi connectivity index (χ1v) is 7.72. The fraction of sp³-hybridized carbons (Fsp3) is 0.917. The summed E-state index contributed by atoms with van der Waals surface area (Å²) in [5.74, 6) is 3.39. The number of thioether (sulfide) groups is 2. The zero-order valence-electron chi connectivity index (χ0n) is 10.1. The topological polar surface area (TPSA) is 0 Å². The van der Waals surface area contributed by atoms with Gasteiger partial charge in [0.25, 0.3) is 0 Å². The summed E-state index contributed by atoms with van der Waals surface area (Å²) in [5, 5.41) is 1.36. The molecule has 0 saturated heterocycles. The monoisotopic (exact) mass is 233 g/mol. The van der Waals surface area contributed by atoms with Gasteiger partial charge in [-0.05, 0) is 37.2 Å². The van der Waals surface area contributed by atoms with Crippen LogP contribution in [0.4, 0.5) is 0 Å². The molecule has 0 aliphatic carbocycles. The molecule has 0 aromatic heterocycles. The fourth-order valence-electron chi connectivity index (χ4n) is 1.03. The molecule has 0 aromatic carbocycles. The third-order valence-corrected chi connectivity index (χ3v) is 4.88. The first-order chi connectivity index (χ1) is 6.56. The third-order valence-electron chi connectivity index (χ3n) is 2.04. The molecule has 0 saturated carbocycles. The predicted molar refractivity (Wildman–Crippen MR) is 73.3 cm³/mol. The summed E-state index contributed by atoms with van der Waals surface area (Å²) in [7, 11) is 0. The molecule has 0 rings (SSSR count). The molecule has 0 amide bonds. The highest BCUT2D eigenvalue weighted by Crippen LogP contribution is 2.23. The van der Waals surface area contributed by atoms with Crippen molar-refractivity contribution < 1.29 is 0 Å². The van der Waals surface area contributed by atoms with E-state index >= 15 is 0 Å². The van der Waals surface area contributed by atoms with E-state index in [1.54, 1.807) is 0 Å². The van der Waals surface area contributed by atoms with Crippen LogP contribution in [0.5, 0.6) is 0 Å². The van der Waals surface area contributed by atoms with E-state index in [2.05, 4.69) is 46.4 Å². The summed E-state index contributed by atoms with van der Waals surface area (Å²) >= 11 is 4.10. The van der Waals surface area contributed by atoms with Gasteiger partial charge in [-0.25, -0.2) is 0 Å². The largest absolute Gasteiger partial charge is 0.162 e. The highest BCUT2D eigenvalue weighted by Gasteiger charge is 2.07. The molecule has 1 radical (unpaired) electrons. The van der Waals surface area contributed by atoms with Crippen LogP contribution in [0.15, 0.2) is 0 Å². The van der Waals surface area contributed by atoms with Crippen LogP contribution in [-0.2, 0) is 0 Å². The van der Waals surface area contributed by atoms with E-state index in [0.29, 0.717) is 5.25 Å². The Hall–Kier alpha value is 0.700. The van der Waals surface area contributed by atoms with Gasteiger partial charge in [-0.2, -0.15) is 23.5 Å². The second kappa shape index (κ2) is 8.96. The SMILES string of the molecule is [CH2]C(CCSCC(C)C)SC(C)CC. The van der Waals surface area contributed by atoms with Crippen LogP contribution < -0.4 is 0 Å². The van der Waals surface area contributed by atoms with Crippen molar-refractivity contribution in [3.8, 4) is 0 Å². The molecule has 0 aliphatic heterocycles. The molecule has 0 aromatic rings. The lowest BCUT2D eigenvalue weighted by atomic mass is 10.3. The van der Waals surface area contributed by atoms with Gasteiger partial charge >= 0.3 is 0 Å². The van der Waals surface area contributed by atoms with Crippen LogP contribution in [0.1, 0.15) is 40.5 Å². The van der Waals surface area contributed by atoms with Crippen LogP contribution in [0.25, 0.3) is 0 Å². The van der Waals surface area contributed by atoms with E-state index in [1.807, 2.05) is 11.8 Å². The summed E-state index contributed by atoms with van der Waals surface area (Å²) < 4.78 is 0. The Bertz CT molecular complexity index is 123. The van der Waals surface area contributed by atoms with Crippen LogP contribution in [0, 0.1) is 12.8 Å². The molecule has 0 fully saturated rings. The molecule has 0 aliphatic rings. The maximum atomic E-state index is 4.19. The lowest BCUT2D eigenvalue weighted by Crippen LogP contribution is -2.05. The van der Waals surface area contributed by atoms with Gasteiger partial charge in [0.15, 0.2) is 0 Å². The van der Waals surface area contributed by atoms with E-state index in [1.165, 1.54) is 24.3 Å². The summed E-state index contributed by atoms with van der Waals surface area (Å²) in [6.07, 6.45) is 2.52. The molecular weight excluding hydrogens is 208 g/mol. The molecule has 2 atom stereocenters. The van der Waals surface area contributed by atoms with Gasteiger partial charge in [0, 0.05) is 10.5 Å². The Morgan fingerprint density at radius 2 is 1.86 bits per heavy atom. The molecule has 0 spiro atoms. The normalized spacial score (nSPS) is 15.9. The Morgan fingerprint density at radius 3 is 2.36 bits per heavy atom. The minimum atomic E-state index is 0.588. The Balaban J connectivity index is 3.30. The highest BCUT2D eigenvalue weighted by atomic mass is 32.2. The minimum absolute atomic E-state index is 0.588. The highest BCUT2D eigenvalue weighted by molar-refractivity contribution is 8.01. The molecule has 0 heterocycles. The first kappa shape index (κ1) is 14.7. The van der Waals surface area contributed by atoms with Gasteiger partial charge in [0.2, 0.25) is 0 Å². The summed E-state index contributed by atoms with van der Waals surface area (Å²) in [6, 6.07) is 0. The zero-order valence-corrected chi connectivity index (χ0v) is 11.7. The summed E-state index contributed by atoms with van der Waals surface area (Å²) in [4.78, 5) is 0. The molecule has 2 unspecified atom stereocenters. The maximum absolute atomic E-state index is 4.19. The summed E-state index contributed by atoms with van der Waals surface area (Å²) in [6.45, 7) is 13.3. The van der Waals surface area contributed by atoms with Crippen molar-refractivity contribution in [3.05, 3.63) is 6.92 Å². The van der Waals surface area contributed by atoms with Crippen molar-refractivity contribution in [1.82, 2.24) is 0 Å². The molecule has 2 heteroatoms. The molecule has 85 valence electrons. The molecule has 0 N–H and O–H groups in total. The molecular formula is C12H25S2. The van der Waals surface area contributed by atoms with Crippen molar-refractivity contribution in [1.29, 1.82) is 0 Å². The number of rotatable bonds is 8. The van der Waals surface area contributed by atoms with Crippen LogP contribution in [0.2, 0.25) is 0 Å². The Morgan fingerprint density at radius 1 is 1.21 bits per heavy atom. The van der Waals surface area contributed by atoms with E-state index < -0.39 is 0 Å². The van der Waals surface area contributed by atoms with Crippen LogP contribution >= 0.6 is 23.5 Å². The lowest BCUT2D eigenvalue weighted by molar-refractivity contribution is 0.749. The van der Waals surface area contributed by atoms with Gasteiger partial charge in [-0.15, -0.1) is 0 Å². The second-order valence-electron chi connectivity index (χ2n) is 4.23. The first-order valence-electron chi connectivity index (χ1n) is 5.62. The smallest absolute Gasteiger partial charge is 0.00579 e. The van der Waals surface area contributed by atoms with Crippen molar-refractivity contribution in [2.24, 2.45) is 5.92 Å². The lowest BCUT2D eigenvalue weighted by Gasteiger charge is -2.15. The van der Waals surface area contributed by atoms with Crippen LogP contribution in [-0.4, -0.2) is 22.0 Å². The fourth-order valence-corrected chi connectivity index (χ4v) is 3.37. The average molecular weight is 233 g/mol. The standard InChI is InChI=1S/C12H25S2/c1-6-11(4)14-12(5)7-8-13-9-10(2)3/h10-12H,5-9H2,1-4H3. The van der Waals surface area contributed by atoms with E-state index in [9.17, 15) is 0 Å². The van der Waals surface area contributed by atoms with Gasteiger partial charge in [-0.3, -0.25) is 0 Å². The average Bonchev–Trinajstić information content (AvgIpc) is 2.12. The number of hydrogen-bond donors (Lipinski definition) is 0.